The zero-order valence-electron chi connectivity index (χ0n) is 22.9. The van der Waals surface area contributed by atoms with E-state index in [1.54, 1.807) is 75.4 Å². The van der Waals surface area contributed by atoms with Crippen LogP contribution in [0.15, 0.2) is 96.9 Å². The molecule has 0 spiro atoms. The van der Waals surface area contributed by atoms with E-state index in [-0.39, 0.29) is 5.97 Å². The second kappa shape index (κ2) is 13.0. The third kappa shape index (κ3) is 7.65. The van der Waals surface area contributed by atoms with Gasteiger partial charge in [-0.25, -0.2) is 4.79 Å². The van der Waals surface area contributed by atoms with E-state index in [9.17, 15) is 9.59 Å². The predicted octanol–water partition coefficient (Wildman–Crippen LogP) is 7.76. The number of hydrogen-bond donors (Lipinski definition) is 2. The topological polar surface area (TPSA) is 79.9 Å². The zero-order chi connectivity index (χ0) is 28.6. The number of nitrogens with zero attached hydrogens (tertiary/aromatic N) is 1. The van der Waals surface area contributed by atoms with Crippen molar-refractivity contribution in [1.29, 1.82) is 0 Å². The van der Waals surface area contributed by atoms with Gasteiger partial charge in [0.2, 0.25) is 5.88 Å². The summed E-state index contributed by atoms with van der Waals surface area (Å²) in [6.45, 7) is 11.5. The maximum Gasteiger partial charge on any atom is 0.323 e. The summed E-state index contributed by atoms with van der Waals surface area (Å²) in [5.41, 5.74) is 2.54. The lowest BCUT2D eigenvalue weighted by Gasteiger charge is -2.25. The molecule has 2 N–H and O–H groups in total. The molecule has 2 amide bonds. The number of carbonyl (C=O) groups excluding carboxylic acids is 2. The minimum atomic E-state index is -0.806. The molecular formula is C31H34ClN3O4. The number of ether oxygens (including phenoxy) is 2. The van der Waals surface area contributed by atoms with Crippen molar-refractivity contribution in [2.75, 3.05) is 29.2 Å². The lowest BCUT2D eigenvalue weighted by atomic mass is 9.84. The van der Waals surface area contributed by atoms with Crippen molar-refractivity contribution in [3.8, 4) is 5.75 Å². The average Bonchev–Trinajstić information content (AvgIpc) is 2.89. The molecule has 0 heterocycles. The molecule has 0 aliphatic carbocycles. The maximum absolute atomic E-state index is 12.9. The van der Waals surface area contributed by atoms with E-state index in [2.05, 4.69) is 17.2 Å². The molecule has 0 saturated carbocycles. The number of amides is 2. The first kappa shape index (κ1) is 29.3. The molecule has 0 aliphatic heterocycles. The number of benzene rings is 3. The van der Waals surface area contributed by atoms with Gasteiger partial charge in [0.25, 0.3) is 0 Å². The fraction of sp³-hybridized carbons (Fsp3) is 0.226. The molecule has 7 nitrogen and oxygen atoms in total. The number of halogens is 1. The molecule has 0 fully saturated rings. The molecule has 0 aromatic heterocycles. The van der Waals surface area contributed by atoms with Crippen molar-refractivity contribution < 1.29 is 19.1 Å². The quantitative estimate of drug-likeness (QED) is 0.154. The number of esters is 1. The number of anilines is 3. The number of urea groups is 1. The molecule has 0 aliphatic rings. The average molecular weight is 548 g/mol. The van der Waals surface area contributed by atoms with E-state index in [0.29, 0.717) is 34.6 Å². The van der Waals surface area contributed by atoms with Crippen LogP contribution in [0.25, 0.3) is 0 Å². The lowest BCUT2D eigenvalue weighted by molar-refractivity contribution is -0.148. The maximum atomic E-state index is 12.9. The summed E-state index contributed by atoms with van der Waals surface area (Å²) in [7, 11) is 1.84. The van der Waals surface area contributed by atoms with E-state index < -0.39 is 11.4 Å². The molecule has 3 aromatic rings. The Kier molecular flexibility index (Phi) is 9.79. The van der Waals surface area contributed by atoms with E-state index in [1.807, 2.05) is 43.1 Å². The Hall–Kier alpha value is -4.23. The van der Waals surface area contributed by atoms with Crippen LogP contribution in [-0.4, -0.2) is 25.7 Å². The molecule has 0 bridgehead atoms. The fourth-order valence-corrected chi connectivity index (χ4v) is 3.97. The van der Waals surface area contributed by atoms with Gasteiger partial charge in [-0.15, -0.1) is 0 Å². The molecule has 3 rings (SSSR count). The largest absolute Gasteiger partial charge is 0.465 e. The van der Waals surface area contributed by atoms with Gasteiger partial charge >= 0.3 is 12.0 Å². The standard InChI is InChI=1S/C31H34ClN3O4/c1-7-38-29(36)31(4,5)22-16-18-23(19-17-22)33-30(37)34-25-13-9-11-15-27(25)39-28(20-21(2)3)35(6)26-14-10-8-12-24(26)32/h8-20H,2,7H2,1,3-6H3,(H2,33,34,37)/b28-20+. The van der Waals surface area contributed by atoms with Crippen LogP contribution in [-0.2, 0) is 14.9 Å². The van der Waals surface area contributed by atoms with Crippen molar-refractivity contribution in [3.05, 3.63) is 107 Å². The number of rotatable bonds is 10. The Morgan fingerprint density at radius 1 is 1.00 bits per heavy atom. The van der Waals surface area contributed by atoms with Crippen molar-refractivity contribution >= 4 is 40.7 Å². The number of carbonyl (C=O) groups is 2. The van der Waals surface area contributed by atoms with Crippen molar-refractivity contribution in [2.45, 2.75) is 33.1 Å². The van der Waals surface area contributed by atoms with Gasteiger partial charge in [0.15, 0.2) is 5.75 Å². The number of para-hydroxylation sites is 3. The third-order valence-electron chi connectivity index (χ3n) is 5.91. The highest BCUT2D eigenvalue weighted by Gasteiger charge is 2.31. The highest BCUT2D eigenvalue weighted by Crippen LogP contribution is 2.32. The van der Waals surface area contributed by atoms with Gasteiger partial charge in [-0.05, 0) is 69.7 Å². The SMILES string of the molecule is C=C(C)/C=C(/Oc1ccccc1NC(=O)Nc1ccc(C(C)(C)C(=O)OCC)cc1)N(C)c1ccccc1Cl. The van der Waals surface area contributed by atoms with Crippen molar-refractivity contribution in [3.63, 3.8) is 0 Å². The summed E-state index contributed by atoms with van der Waals surface area (Å²) >= 11 is 6.41. The summed E-state index contributed by atoms with van der Waals surface area (Å²) in [6.07, 6.45) is 1.79. The van der Waals surface area contributed by atoms with Crippen LogP contribution < -0.4 is 20.3 Å². The minimum Gasteiger partial charge on any atom is -0.465 e. The normalized spacial score (nSPS) is 11.4. The Morgan fingerprint density at radius 3 is 2.28 bits per heavy atom. The first-order valence-electron chi connectivity index (χ1n) is 12.5. The molecule has 0 saturated heterocycles. The number of nitrogens with one attached hydrogen (secondary N) is 2. The van der Waals surface area contributed by atoms with Gasteiger partial charge in [0.1, 0.15) is 0 Å². The van der Waals surface area contributed by atoms with E-state index in [4.69, 9.17) is 21.1 Å². The van der Waals surface area contributed by atoms with E-state index >= 15 is 0 Å². The summed E-state index contributed by atoms with van der Waals surface area (Å²) in [6, 6.07) is 21.2. The molecular weight excluding hydrogens is 514 g/mol. The van der Waals surface area contributed by atoms with E-state index in [0.717, 1.165) is 16.8 Å². The first-order valence-corrected chi connectivity index (χ1v) is 12.9. The summed E-state index contributed by atoms with van der Waals surface area (Å²) in [5, 5.41) is 6.23. The van der Waals surface area contributed by atoms with E-state index in [1.165, 1.54) is 0 Å². The Bertz CT molecular complexity index is 1370. The van der Waals surface area contributed by atoms with Crippen LogP contribution in [0.4, 0.5) is 21.9 Å². The van der Waals surface area contributed by atoms with Gasteiger partial charge in [-0.3, -0.25) is 4.79 Å². The Balaban J connectivity index is 1.76. The second-order valence-corrected chi connectivity index (χ2v) is 9.85. The highest BCUT2D eigenvalue weighted by atomic mass is 35.5. The van der Waals surface area contributed by atoms with Crippen molar-refractivity contribution in [1.82, 2.24) is 0 Å². The zero-order valence-corrected chi connectivity index (χ0v) is 23.6. The number of allylic oxidation sites excluding steroid dienone is 2. The monoisotopic (exact) mass is 547 g/mol. The Labute approximate surface area is 235 Å². The first-order chi connectivity index (χ1) is 18.5. The van der Waals surface area contributed by atoms with Gasteiger partial charge in [-0.2, -0.15) is 0 Å². The van der Waals surface area contributed by atoms with Gasteiger partial charge in [-0.1, -0.05) is 60.2 Å². The summed E-state index contributed by atoms with van der Waals surface area (Å²) in [4.78, 5) is 27.0. The predicted molar refractivity (Wildman–Crippen MR) is 159 cm³/mol. The van der Waals surface area contributed by atoms with Crippen LogP contribution >= 0.6 is 11.6 Å². The third-order valence-corrected chi connectivity index (χ3v) is 6.23. The molecule has 0 unspecified atom stereocenters. The smallest absolute Gasteiger partial charge is 0.323 e. The summed E-state index contributed by atoms with van der Waals surface area (Å²) < 4.78 is 11.4. The second-order valence-electron chi connectivity index (χ2n) is 9.44. The van der Waals surface area contributed by atoms with Gasteiger partial charge < -0.3 is 25.0 Å². The molecule has 0 radical (unpaired) electrons. The van der Waals surface area contributed by atoms with Crippen molar-refractivity contribution in [2.24, 2.45) is 0 Å². The van der Waals surface area contributed by atoms with Crippen LogP contribution in [0.5, 0.6) is 5.75 Å². The molecule has 3 aromatic carbocycles. The summed E-state index contributed by atoms with van der Waals surface area (Å²) in [5.74, 6) is 0.607. The lowest BCUT2D eigenvalue weighted by Crippen LogP contribution is -2.31. The van der Waals surface area contributed by atoms with Crippen LogP contribution in [0.3, 0.4) is 0 Å². The van der Waals surface area contributed by atoms with Gasteiger partial charge in [0.05, 0.1) is 28.4 Å². The number of hydrogen-bond acceptors (Lipinski definition) is 5. The van der Waals surface area contributed by atoms with Crippen LogP contribution in [0, 0.1) is 0 Å². The highest BCUT2D eigenvalue weighted by molar-refractivity contribution is 6.33. The minimum absolute atomic E-state index is 0.305. The van der Waals surface area contributed by atoms with Gasteiger partial charge in [0, 0.05) is 18.8 Å². The van der Waals surface area contributed by atoms with Crippen LogP contribution in [0.1, 0.15) is 33.3 Å². The Morgan fingerprint density at radius 2 is 1.64 bits per heavy atom. The fourth-order valence-electron chi connectivity index (χ4n) is 3.70. The molecule has 204 valence electrons. The van der Waals surface area contributed by atoms with Crippen LogP contribution in [0.2, 0.25) is 5.02 Å². The molecule has 0 atom stereocenters. The molecule has 39 heavy (non-hydrogen) atoms. The molecule has 8 heteroatoms.